The molecule has 0 bridgehead atoms. The first-order valence-electron chi connectivity index (χ1n) is 9.93. The molecule has 29 heavy (non-hydrogen) atoms. The predicted octanol–water partition coefficient (Wildman–Crippen LogP) is 1.86. The molecule has 4 rings (SSSR count). The van der Waals surface area contributed by atoms with E-state index in [0.717, 1.165) is 24.0 Å². The molecule has 4 amide bonds. The van der Waals surface area contributed by atoms with Gasteiger partial charge in [-0.05, 0) is 41.9 Å². The Hall–Kier alpha value is -2.90. The number of carbonyl (C=O) groups is 4. The summed E-state index contributed by atoms with van der Waals surface area (Å²) < 4.78 is 5.38. The van der Waals surface area contributed by atoms with Crippen molar-refractivity contribution in [1.82, 2.24) is 15.5 Å². The smallest absolute Gasteiger partial charge is 0.407 e. The van der Waals surface area contributed by atoms with Crippen LogP contribution in [0.15, 0.2) is 18.2 Å². The van der Waals surface area contributed by atoms with Gasteiger partial charge in [0.05, 0.1) is 0 Å². The zero-order chi connectivity index (χ0) is 20.8. The zero-order valence-electron chi connectivity index (χ0n) is 16.6. The molecule has 8 nitrogen and oxygen atoms in total. The number of imide groups is 1. The van der Waals surface area contributed by atoms with Gasteiger partial charge in [0, 0.05) is 25.1 Å². The lowest BCUT2D eigenvalue weighted by molar-refractivity contribution is -0.136. The second-order valence-corrected chi connectivity index (χ2v) is 8.84. The molecule has 1 saturated carbocycles. The van der Waals surface area contributed by atoms with Crippen molar-refractivity contribution in [2.24, 2.45) is 5.41 Å². The molecule has 1 saturated heterocycles. The number of nitrogens with one attached hydrogen (secondary N) is 2. The fourth-order valence-electron chi connectivity index (χ4n) is 4.34. The molecule has 2 N–H and O–H groups in total. The van der Waals surface area contributed by atoms with Crippen molar-refractivity contribution in [3.63, 3.8) is 0 Å². The maximum atomic E-state index is 12.8. The van der Waals surface area contributed by atoms with Crippen LogP contribution in [0.4, 0.5) is 4.79 Å². The number of rotatable bonds is 4. The predicted molar refractivity (Wildman–Crippen MR) is 103 cm³/mol. The number of fused-ring (bicyclic) bond motifs is 1. The number of benzene rings is 1. The molecule has 1 unspecified atom stereocenters. The van der Waals surface area contributed by atoms with E-state index >= 15 is 0 Å². The van der Waals surface area contributed by atoms with Crippen LogP contribution >= 0.6 is 0 Å². The SMILES string of the molecule is CC1(C)CC(OC(=O)NCc2ccc3c(c2)C(=O)N(C2CCC(=O)NC2=O)C3)C1. The molecule has 2 fully saturated rings. The monoisotopic (exact) mass is 399 g/mol. The minimum Gasteiger partial charge on any atom is -0.446 e. The second kappa shape index (κ2) is 7.17. The summed E-state index contributed by atoms with van der Waals surface area (Å²) in [4.78, 5) is 49.7. The van der Waals surface area contributed by atoms with Gasteiger partial charge in [0.1, 0.15) is 12.1 Å². The molecule has 8 heteroatoms. The number of amides is 4. The van der Waals surface area contributed by atoms with Crippen molar-refractivity contribution < 1.29 is 23.9 Å². The summed E-state index contributed by atoms with van der Waals surface area (Å²) in [5.74, 6) is -0.956. The van der Waals surface area contributed by atoms with E-state index in [0.29, 0.717) is 18.5 Å². The van der Waals surface area contributed by atoms with Gasteiger partial charge in [0.15, 0.2) is 0 Å². The molecule has 1 aromatic rings. The van der Waals surface area contributed by atoms with E-state index in [1.165, 1.54) is 4.90 Å². The van der Waals surface area contributed by atoms with E-state index in [-0.39, 0.29) is 36.3 Å². The molecule has 2 heterocycles. The highest BCUT2D eigenvalue weighted by Gasteiger charge is 2.40. The van der Waals surface area contributed by atoms with E-state index in [9.17, 15) is 19.2 Å². The number of piperidine rings is 1. The second-order valence-electron chi connectivity index (χ2n) is 8.84. The summed E-state index contributed by atoms with van der Waals surface area (Å²) >= 11 is 0. The fraction of sp³-hybridized carbons (Fsp3) is 0.524. The highest BCUT2D eigenvalue weighted by atomic mass is 16.6. The van der Waals surface area contributed by atoms with Crippen LogP contribution in [-0.2, 0) is 27.4 Å². The Balaban J connectivity index is 1.35. The number of ether oxygens (including phenoxy) is 1. The van der Waals surface area contributed by atoms with Gasteiger partial charge in [0.2, 0.25) is 11.8 Å². The number of alkyl carbamates (subject to hydrolysis) is 1. The first-order valence-corrected chi connectivity index (χ1v) is 9.93. The minimum absolute atomic E-state index is 0.0336. The van der Waals surface area contributed by atoms with E-state index in [2.05, 4.69) is 24.5 Å². The van der Waals surface area contributed by atoms with Crippen molar-refractivity contribution in [3.8, 4) is 0 Å². The summed E-state index contributed by atoms with van der Waals surface area (Å²) in [6.45, 7) is 4.89. The normalized spacial score (nSPS) is 23.3. The lowest BCUT2D eigenvalue weighted by Gasteiger charge is -2.41. The number of hydrogen-bond donors (Lipinski definition) is 2. The number of nitrogens with zero attached hydrogens (tertiary/aromatic N) is 1. The third-order valence-corrected chi connectivity index (χ3v) is 5.86. The first-order chi connectivity index (χ1) is 13.7. The molecule has 154 valence electrons. The number of carbonyl (C=O) groups excluding carboxylic acids is 4. The highest BCUT2D eigenvalue weighted by molar-refractivity contribution is 6.05. The van der Waals surface area contributed by atoms with Crippen molar-refractivity contribution in [3.05, 3.63) is 34.9 Å². The van der Waals surface area contributed by atoms with Gasteiger partial charge in [-0.3, -0.25) is 19.7 Å². The lowest BCUT2D eigenvalue weighted by atomic mass is 9.70. The van der Waals surface area contributed by atoms with Crippen molar-refractivity contribution >= 4 is 23.8 Å². The standard InChI is InChI=1S/C21H25N3O5/c1-21(2)8-14(9-21)29-20(28)22-10-12-3-4-13-11-24(19(27)15(13)7-12)16-5-6-17(25)23-18(16)26/h3-4,7,14,16H,5-6,8-11H2,1-2H3,(H,22,28)(H,23,25,26). The molecule has 0 aromatic heterocycles. The number of hydrogen-bond acceptors (Lipinski definition) is 5. The van der Waals surface area contributed by atoms with Crippen molar-refractivity contribution in [2.45, 2.75) is 64.8 Å². The summed E-state index contributed by atoms with van der Waals surface area (Å²) in [7, 11) is 0. The van der Waals surface area contributed by atoms with Gasteiger partial charge in [-0.2, -0.15) is 0 Å². The third kappa shape index (κ3) is 3.97. The third-order valence-electron chi connectivity index (χ3n) is 5.86. The Morgan fingerprint density at radius 3 is 2.72 bits per heavy atom. The molecular weight excluding hydrogens is 374 g/mol. The summed E-state index contributed by atoms with van der Waals surface area (Å²) in [6.07, 6.45) is 1.80. The maximum Gasteiger partial charge on any atom is 0.407 e. The summed E-state index contributed by atoms with van der Waals surface area (Å²) in [6, 6.07) is 4.81. The average Bonchev–Trinajstić information content (AvgIpc) is 2.95. The van der Waals surface area contributed by atoms with Gasteiger partial charge in [0.25, 0.3) is 5.91 Å². The molecule has 1 aromatic carbocycles. The zero-order valence-corrected chi connectivity index (χ0v) is 16.6. The molecule has 2 aliphatic heterocycles. The van der Waals surface area contributed by atoms with Crippen LogP contribution in [0.2, 0.25) is 0 Å². The summed E-state index contributed by atoms with van der Waals surface area (Å²) in [5.41, 5.74) is 2.39. The Morgan fingerprint density at radius 1 is 1.28 bits per heavy atom. The minimum atomic E-state index is -0.629. The van der Waals surface area contributed by atoms with E-state index < -0.39 is 18.0 Å². The maximum absolute atomic E-state index is 12.8. The molecule has 0 spiro atoms. The van der Waals surface area contributed by atoms with Crippen LogP contribution in [0.3, 0.4) is 0 Å². The van der Waals surface area contributed by atoms with Crippen LogP contribution in [0.1, 0.15) is 61.0 Å². The Kier molecular flexibility index (Phi) is 4.80. The van der Waals surface area contributed by atoms with E-state index in [1.807, 2.05) is 12.1 Å². The lowest BCUT2D eigenvalue weighted by Crippen LogP contribution is -2.52. The Morgan fingerprint density at radius 2 is 2.03 bits per heavy atom. The largest absolute Gasteiger partial charge is 0.446 e. The van der Waals surface area contributed by atoms with Crippen molar-refractivity contribution in [2.75, 3.05) is 0 Å². The first kappa shape index (κ1) is 19.4. The molecule has 1 aliphatic carbocycles. The molecule has 0 radical (unpaired) electrons. The quantitative estimate of drug-likeness (QED) is 0.752. The fourth-order valence-corrected chi connectivity index (χ4v) is 4.34. The average molecular weight is 399 g/mol. The van der Waals surface area contributed by atoms with Crippen LogP contribution in [0.25, 0.3) is 0 Å². The van der Waals surface area contributed by atoms with Gasteiger partial charge in [-0.15, -0.1) is 0 Å². The van der Waals surface area contributed by atoms with Crippen LogP contribution in [0.5, 0.6) is 0 Å². The van der Waals surface area contributed by atoms with Gasteiger partial charge in [-0.25, -0.2) is 4.79 Å². The molecular formula is C21H25N3O5. The van der Waals surface area contributed by atoms with Crippen LogP contribution in [-0.4, -0.2) is 40.9 Å². The van der Waals surface area contributed by atoms with Gasteiger partial charge >= 0.3 is 6.09 Å². The van der Waals surface area contributed by atoms with Gasteiger partial charge < -0.3 is 15.0 Å². The Bertz CT molecular complexity index is 886. The van der Waals surface area contributed by atoms with Crippen molar-refractivity contribution in [1.29, 1.82) is 0 Å². The van der Waals surface area contributed by atoms with E-state index in [4.69, 9.17) is 4.74 Å². The Labute approximate surface area is 169 Å². The highest BCUT2D eigenvalue weighted by Crippen LogP contribution is 2.41. The van der Waals surface area contributed by atoms with Crippen LogP contribution in [0, 0.1) is 5.41 Å². The van der Waals surface area contributed by atoms with Crippen LogP contribution < -0.4 is 10.6 Å². The van der Waals surface area contributed by atoms with E-state index in [1.54, 1.807) is 6.07 Å². The van der Waals surface area contributed by atoms with Gasteiger partial charge in [-0.1, -0.05) is 26.0 Å². The summed E-state index contributed by atoms with van der Waals surface area (Å²) in [5, 5.41) is 5.02. The molecule has 1 atom stereocenters. The molecule has 3 aliphatic rings. The topological polar surface area (TPSA) is 105 Å².